The topological polar surface area (TPSA) is 61.8 Å². The van der Waals surface area contributed by atoms with Crippen LogP contribution in [0.5, 0.6) is 0 Å². The number of nitrogens with zero attached hydrogens (tertiary/aromatic N) is 1. The molecule has 0 aromatic heterocycles. The standard InChI is InChI=1S/C15H28N2O3/c1-4-16-15(14(18)19)7-5-6-13(8-15)17-9-11(2)20-12(3)10-17/h11-13,16H,4-10H2,1-3H3,(H,18,19)/t11-,12+,13?,15?. The monoisotopic (exact) mass is 284 g/mol. The van der Waals surface area contributed by atoms with Crippen LogP contribution in [0.3, 0.4) is 0 Å². The summed E-state index contributed by atoms with van der Waals surface area (Å²) in [6, 6.07) is 0.354. The van der Waals surface area contributed by atoms with Crippen molar-refractivity contribution in [1.82, 2.24) is 10.2 Å². The molecule has 116 valence electrons. The Kier molecular flexibility index (Phi) is 5.04. The Hall–Kier alpha value is -0.650. The number of likely N-dealkylation sites (N-methyl/N-ethyl adjacent to an activating group) is 1. The Morgan fingerprint density at radius 1 is 1.40 bits per heavy atom. The molecule has 2 unspecified atom stereocenters. The van der Waals surface area contributed by atoms with Gasteiger partial charge in [0.25, 0.3) is 0 Å². The van der Waals surface area contributed by atoms with Gasteiger partial charge in [-0.25, -0.2) is 0 Å². The molecule has 2 rings (SSSR count). The van der Waals surface area contributed by atoms with Crippen LogP contribution in [0, 0.1) is 0 Å². The number of aliphatic carboxylic acids is 1. The fraction of sp³-hybridized carbons (Fsp3) is 0.933. The first-order valence-electron chi connectivity index (χ1n) is 7.85. The second kappa shape index (κ2) is 6.41. The molecular weight excluding hydrogens is 256 g/mol. The second-order valence-electron chi connectivity index (χ2n) is 6.38. The predicted octanol–water partition coefficient (Wildman–Crippen LogP) is 1.47. The Morgan fingerprint density at radius 3 is 2.60 bits per heavy atom. The van der Waals surface area contributed by atoms with Gasteiger partial charge in [-0.05, 0) is 46.1 Å². The normalized spacial score (nSPS) is 39.6. The first kappa shape index (κ1) is 15.7. The van der Waals surface area contributed by atoms with Crippen LogP contribution in [0.1, 0.15) is 46.5 Å². The zero-order valence-electron chi connectivity index (χ0n) is 12.9. The van der Waals surface area contributed by atoms with Gasteiger partial charge in [0.05, 0.1) is 12.2 Å². The summed E-state index contributed by atoms with van der Waals surface area (Å²) in [5, 5.41) is 12.9. The number of hydrogen-bond donors (Lipinski definition) is 2. The molecule has 0 radical (unpaired) electrons. The van der Waals surface area contributed by atoms with Gasteiger partial charge in [-0.3, -0.25) is 9.69 Å². The van der Waals surface area contributed by atoms with Gasteiger partial charge in [0.15, 0.2) is 0 Å². The maximum atomic E-state index is 11.7. The molecule has 2 N–H and O–H groups in total. The van der Waals surface area contributed by atoms with Gasteiger partial charge in [0.2, 0.25) is 0 Å². The number of hydrogen-bond acceptors (Lipinski definition) is 4. The Bertz CT molecular complexity index is 336. The van der Waals surface area contributed by atoms with Gasteiger partial charge in [-0.1, -0.05) is 6.92 Å². The van der Waals surface area contributed by atoms with Crippen molar-refractivity contribution in [3.05, 3.63) is 0 Å². The van der Waals surface area contributed by atoms with Gasteiger partial charge in [-0.2, -0.15) is 0 Å². The summed E-state index contributed by atoms with van der Waals surface area (Å²) in [4.78, 5) is 14.2. The summed E-state index contributed by atoms with van der Waals surface area (Å²) in [6.07, 6.45) is 3.99. The molecular formula is C15H28N2O3. The van der Waals surface area contributed by atoms with E-state index in [9.17, 15) is 9.90 Å². The van der Waals surface area contributed by atoms with Crippen molar-refractivity contribution in [2.75, 3.05) is 19.6 Å². The fourth-order valence-electron chi connectivity index (χ4n) is 3.84. The summed E-state index contributed by atoms with van der Waals surface area (Å²) >= 11 is 0. The van der Waals surface area contributed by atoms with Crippen LogP contribution in [0.25, 0.3) is 0 Å². The van der Waals surface area contributed by atoms with E-state index in [0.717, 1.165) is 32.4 Å². The van der Waals surface area contributed by atoms with Crippen molar-refractivity contribution in [2.24, 2.45) is 0 Å². The molecule has 20 heavy (non-hydrogen) atoms. The number of rotatable bonds is 4. The van der Waals surface area contributed by atoms with E-state index < -0.39 is 11.5 Å². The number of carboxylic acids is 1. The third-order valence-electron chi connectivity index (χ3n) is 4.61. The lowest BCUT2D eigenvalue weighted by atomic mass is 9.78. The fourth-order valence-corrected chi connectivity index (χ4v) is 3.84. The largest absolute Gasteiger partial charge is 0.480 e. The third kappa shape index (κ3) is 3.32. The lowest BCUT2D eigenvalue weighted by molar-refractivity contribution is -0.148. The Balaban J connectivity index is 2.07. The first-order valence-corrected chi connectivity index (χ1v) is 7.85. The van der Waals surface area contributed by atoms with Crippen molar-refractivity contribution < 1.29 is 14.6 Å². The Labute approximate surface area is 121 Å². The highest BCUT2D eigenvalue weighted by Crippen LogP contribution is 2.33. The Morgan fingerprint density at radius 2 is 2.05 bits per heavy atom. The van der Waals surface area contributed by atoms with Crippen LogP contribution in [-0.2, 0) is 9.53 Å². The molecule has 2 fully saturated rings. The van der Waals surface area contributed by atoms with Crippen molar-refractivity contribution in [3.8, 4) is 0 Å². The maximum absolute atomic E-state index is 11.7. The zero-order chi connectivity index (χ0) is 14.8. The molecule has 1 heterocycles. The molecule has 2 aliphatic rings. The SMILES string of the molecule is CCNC1(C(=O)O)CCCC(N2C[C@@H](C)O[C@@H](C)C2)C1. The van der Waals surface area contributed by atoms with E-state index >= 15 is 0 Å². The number of carboxylic acid groups (broad SMARTS) is 1. The summed E-state index contributed by atoms with van der Waals surface area (Å²) in [7, 11) is 0. The minimum Gasteiger partial charge on any atom is -0.480 e. The average Bonchev–Trinajstić information content (AvgIpc) is 2.38. The molecule has 0 amide bonds. The smallest absolute Gasteiger partial charge is 0.323 e. The number of ether oxygens (including phenoxy) is 1. The summed E-state index contributed by atoms with van der Waals surface area (Å²) < 4.78 is 5.78. The molecule has 1 saturated heterocycles. The molecule has 0 aromatic rings. The highest BCUT2D eigenvalue weighted by Gasteiger charge is 2.44. The summed E-state index contributed by atoms with van der Waals surface area (Å²) in [5.41, 5.74) is -0.734. The second-order valence-corrected chi connectivity index (χ2v) is 6.38. The molecule has 5 heteroatoms. The van der Waals surface area contributed by atoms with Crippen molar-refractivity contribution >= 4 is 5.97 Å². The zero-order valence-corrected chi connectivity index (χ0v) is 12.9. The van der Waals surface area contributed by atoms with Gasteiger partial charge in [0, 0.05) is 19.1 Å². The lowest BCUT2D eigenvalue weighted by Crippen LogP contribution is -2.60. The van der Waals surface area contributed by atoms with E-state index in [1.165, 1.54) is 0 Å². The van der Waals surface area contributed by atoms with E-state index in [4.69, 9.17) is 4.74 Å². The first-order chi connectivity index (χ1) is 9.47. The van der Waals surface area contributed by atoms with Gasteiger partial charge >= 0.3 is 5.97 Å². The molecule has 0 aromatic carbocycles. The van der Waals surface area contributed by atoms with E-state index in [0.29, 0.717) is 19.0 Å². The van der Waals surface area contributed by atoms with Crippen molar-refractivity contribution in [1.29, 1.82) is 0 Å². The van der Waals surface area contributed by atoms with E-state index in [1.54, 1.807) is 0 Å². The third-order valence-corrected chi connectivity index (χ3v) is 4.61. The molecule has 1 aliphatic carbocycles. The van der Waals surface area contributed by atoms with E-state index in [2.05, 4.69) is 24.1 Å². The van der Waals surface area contributed by atoms with Gasteiger partial charge < -0.3 is 15.2 Å². The molecule has 0 bridgehead atoms. The minimum atomic E-state index is -0.734. The molecule has 1 aliphatic heterocycles. The van der Waals surface area contributed by atoms with Crippen LogP contribution >= 0.6 is 0 Å². The number of nitrogens with one attached hydrogen (secondary N) is 1. The van der Waals surface area contributed by atoms with Gasteiger partial charge in [-0.15, -0.1) is 0 Å². The number of morpholine rings is 1. The van der Waals surface area contributed by atoms with Crippen LogP contribution in [0.4, 0.5) is 0 Å². The molecule has 5 nitrogen and oxygen atoms in total. The van der Waals surface area contributed by atoms with E-state index in [1.807, 2.05) is 6.92 Å². The van der Waals surface area contributed by atoms with Crippen molar-refractivity contribution in [2.45, 2.75) is 70.2 Å². The van der Waals surface area contributed by atoms with Crippen LogP contribution in [0.15, 0.2) is 0 Å². The van der Waals surface area contributed by atoms with Crippen molar-refractivity contribution in [3.63, 3.8) is 0 Å². The van der Waals surface area contributed by atoms with Crippen LogP contribution < -0.4 is 5.32 Å². The quantitative estimate of drug-likeness (QED) is 0.818. The molecule has 1 saturated carbocycles. The number of carbonyl (C=O) groups is 1. The van der Waals surface area contributed by atoms with Crippen LogP contribution in [0.2, 0.25) is 0 Å². The molecule has 0 spiro atoms. The van der Waals surface area contributed by atoms with Crippen LogP contribution in [-0.4, -0.2) is 59.4 Å². The lowest BCUT2D eigenvalue weighted by Gasteiger charge is -2.46. The van der Waals surface area contributed by atoms with E-state index in [-0.39, 0.29) is 12.2 Å². The summed E-state index contributed by atoms with van der Waals surface area (Å²) in [5.74, 6) is -0.696. The minimum absolute atomic E-state index is 0.235. The maximum Gasteiger partial charge on any atom is 0.323 e. The molecule has 4 atom stereocenters. The summed E-state index contributed by atoms with van der Waals surface area (Å²) in [6.45, 7) is 8.70. The predicted molar refractivity (Wildman–Crippen MR) is 77.9 cm³/mol. The highest BCUT2D eigenvalue weighted by molar-refractivity contribution is 5.79. The highest BCUT2D eigenvalue weighted by atomic mass is 16.5. The average molecular weight is 284 g/mol. The van der Waals surface area contributed by atoms with Gasteiger partial charge in [0.1, 0.15) is 5.54 Å².